The standard InChI is InChI=1S/C14H17N3O4/c1-8-4-3-5-10-13(8)17-11(16-10)6-21-7-12(18)15-9(2)14(19)20/h3-5,9H,6-7H2,1-2H3,(H,15,18)(H,16,17)(H,19,20)/t9-/m0/s1. The molecule has 1 aromatic carbocycles. The number of para-hydroxylation sites is 1. The van der Waals surface area contributed by atoms with Crippen LogP contribution >= 0.6 is 0 Å². The Morgan fingerprint density at radius 3 is 2.90 bits per heavy atom. The highest BCUT2D eigenvalue weighted by atomic mass is 16.5. The van der Waals surface area contributed by atoms with Crippen LogP contribution in [0.2, 0.25) is 0 Å². The number of hydrogen-bond acceptors (Lipinski definition) is 4. The first-order valence-electron chi connectivity index (χ1n) is 6.51. The Labute approximate surface area is 121 Å². The predicted octanol–water partition coefficient (Wildman–Crippen LogP) is 0.977. The fraction of sp³-hybridized carbons (Fsp3) is 0.357. The third-order valence-corrected chi connectivity index (χ3v) is 2.98. The van der Waals surface area contributed by atoms with E-state index in [-0.39, 0.29) is 13.2 Å². The summed E-state index contributed by atoms with van der Waals surface area (Å²) >= 11 is 0. The van der Waals surface area contributed by atoms with Gasteiger partial charge in [0.15, 0.2) is 0 Å². The molecule has 7 nitrogen and oxygen atoms in total. The molecule has 0 saturated carbocycles. The van der Waals surface area contributed by atoms with Gasteiger partial charge in [0, 0.05) is 0 Å². The van der Waals surface area contributed by atoms with Crippen molar-refractivity contribution in [2.45, 2.75) is 26.5 Å². The number of H-pyrrole nitrogens is 1. The van der Waals surface area contributed by atoms with Crippen LogP contribution in [-0.4, -0.2) is 39.6 Å². The van der Waals surface area contributed by atoms with Gasteiger partial charge >= 0.3 is 5.97 Å². The zero-order chi connectivity index (χ0) is 15.4. The maximum absolute atomic E-state index is 11.4. The molecule has 7 heteroatoms. The lowest BCUT2D eigenvalue weighted by Crippen LogP contribution is -2.40. The number of aryl methyl sites for hydroxylation is 1. The van der Waals surface area contributed by atoms with Crippen LogP contribution in [0.3, 0.4) is 0 Å². The van der Waals surface area contributed by atoms with Crippen LogP contribution < -0.4 is 5.32 Å². The minimum Gasteiger partial charge on any atom is -0.480 e. The van der Waals surface area contributed by atoms with Crippen LogP contribution in [0.1, 0.15) is 18.3 Å². The summed E-state index contributed by atoms with van der Waals surface area (Å²) in [5.74, 6) is -0.938. The number of hydrogen-bond donors (Lipinski definition) is 3. The van der Waals surface area contributed by atoms with Gasteiger partial charge in [-0.05, 0) is 25.5 Å². The van der Waals surface area contributed by atoms with Crippen LogP contribution in [0.15, 0.2) is 18.2 Å². The maximum atomic E-state index is 11.4. The summed E-state index contributed by atoms with van der Waals surface area (Å²) < 4.78 is 5.23. The number of fused-ring (bicyclic) bond motifs is 1. The fourth-order valence-corrected chi connectivity index (χ4v) is 1.88. The van der Waals surface area contributed by atoms with Gasteiger partial charge in [0.05, 0.1) is 11.0 Å². The van der Waals surface area contributed by atoms with Crippen molar-refractivity contribution in [2.24, 2.45) is 0 Å². The molecule has 2 rings (SSSR count). The quantitative estimate of drug-likeness (QED) is 0.736. The fourth-order valence-electron chi connectivity index (χ4n) is 1.88. The Morgan fingerprint density at radius 1 is 1.48 bits per heavy atom. The minimum atomic E-state index is -1.09. The number of imidazole rings is 1. The van der Waals surface area contributed by atoms with Crippen molar-refractivity contribution >= 4 is 22.9 Å². The molecular formula is C14H17N3O4. The molecule has 1 aromatic heterocycles. The number of nitrogens with one attached hydrogen (secondary N) is 2. The van der Waals surface area contributed by atoms with E-state index in [0.29, 0.717) is 5.82 Å². The van der Waals surface area contributed by atoms with Crippen molar-refractivity contribution in [3.05, 3.63) is 29.6 Å². The van der Waals surface area contributed by atoms with Crippen molar-refractivity contribution in [3.8, 4) is 0 Å². The molecule has 112 valence electrons. The van der Waals surface area contributed by atoms with Gasteiger partial charge in [-0.3, -0.25) is 9.59 Å². The van der Waals surface area contributed by atoms with Gasteiger partial charge in [0.25, 0.3) is 0 Å². The highest BCUT2D eigenvalue weighted by molar-refractivity contribution is 5.83. The normalized spacial score (nSPS) is 12.3. The highest BCUT2D eigenvalue weighted by Gasteiger charge is 2.14. The molecular weight excluding hydrogens is 274 g/mol. The number of ether oxygens (including phenoxy) is 1. The van der Waals surface area contributed by atoms with E-state index >= 15 is 0 Å². The second-order valence-electron chi connectivity index (χ2n) is 4.77. The molecule has 0 radical (unpaired) electrons. The predicted molar refractivity (Wildman–Crippen MR) is 75.7 cm³/mol. The zero-order valence-electron chi connectivity index (χ0n) is 11.8. The SMILES string of the molecule is Cc1cccc2[nH]c(COCC(=O)N[C@@H](C)C(=O)O)nc12. The summed E-state index contributed by atoms with van der Waals surface area (Å²) in [7, 11) is 0. The molecule has 1 heterocycles. The van der Waals surface area contributed by atoms with E-state index in [1.807, 2.05) is 25.1 Å². The van der Waals surface area contributed by atoms with E-state index in [9.17, 15) is 9.59 Å². The number of amides is 1. The molecule has 1 atom stereocenters. The number of carbonyl (C=O) groups is 2. The number of carboxylic acids is 1. The highest BCUT2D eigenvalue weighted by Crippen LogP contribution is 2.15. The summed E-state index contributed by atoms with van der Waals surface area (Å²) in [4.78, 5) is 29.5. The summed E-state index contributed by atoms with van der Waals surface area (Å²) in [6.45, 7) is 3.30. The average molecular weight is 291 g/mol. The van der Waals surface area contributed by atoms with Gasteiger partial charge in [-0.1, -0.05) is 12.1 Å². The molecule has 0 bridgehead atoms. The second kappa shape index (κ2) is 6.36. The molecule has 3 N–H and O–H groups in total. The van der Waals surface area contributed by atoms with E-state index in [2.05, 4.69) is 15.3 Å². The van der Waals surface area contributed by atoms with Crippen molar-refractivity contribution < 1.29 is 19.4 Å². The molecule has 0 aliphatic heterocycles. The van der Waals surface area contributed by atoms with Crippen LogP contribution in [-0.2, 0) is 20.9 Å². The molecule has 0 aliphatic rings. The minimum absolute atomic E-state index is 0.156. The average Bonchev–Trinajstić information content (AvgIpc) is 2.83. The van der Waals surface area contributed by atoms with Crippen LogP contribution in [0.5, 0.6) is 0 Å². The lowest BCUT2D eigenvalue weighted by atomic mass is 10.2. The number of aromatic nitrogens is 2. The first-order chi connectivity index (χ1) is 9.97. The van der Waals surface area contributed by atoms with Gasteiger partial charge in [0.2, 0.25) is 5.91 Å². The van der Waals surface area contributed by atoms with Crippen molar-refractivity contribution in [1.29, 1.82) is 0 Å². The molecule has 0 aliphatic carbocycles. The smallest absolute Gasteiger partial charge is 0.325 e. The van der Waals surface area contributed by atoms with Gasteiger partial charge in [-0.25, -0.2) is 4.98 Å². The first-order valence-corrected chi connectivity index (χ1v) is 6.51. The lowest BCUT2D eigenvalue weighted by Gasteiger charge is -2.08. The van der Waals surface area contributed by atoms with Crippen LogP contribution in [0, 0.1) is 6.92 Å². The topological polar surface area (TPSA) is 104 Å². The molecule has 21 heavy (non-hydrogen) atoms. The van der Waals surface area contributed by atoms with Gasteiger partial charge in [0.1, 0.15) is 25.1 Å². The monoisotopic (exact) mass is 291 g/mol. The number of nitrogens with zero attached hydrogens (tertiary/aromatic N) is 1. The van der Waals surface area contributed by atoms with Gasteiger partial charge < -0.3 is 20.1 Å². The van der Waals surface area contributed by atoms with Crippen LogP contribution in [0.25, 0.3) is 11.0 Å². The Morgan fingerprint density at radius 2 is 2.24 bits per heavy atom. The number of benzene rings is 1. The summed E-state index contributed by atoms with van der Waals surface area (Å²) in [5.41, 5.74) is 2.85. The number of aromatic amines is 1. The van der Waals surface area contributed by atoms with E-state index < -0.39 is 17.9 Å². The third-order valence-electron chi connectivity index (χ3n) is 2.98. The summed E-state index contributed by atoms with van der Waals surface area (Å²) in [6, 6.07) is 4.88. The zero-order valence-corrected chi connectivity index (χ0v) is 11.8. The van der Waals surface area contributed by atoms with Gasteiger partial charge in [-0.15, -0.1) is 0 Å². The van der Waals surface area contributed by atoms with Gasteiger partial charge in [-0.2, -0.15) is 0 Å². The number of carbonyl (C=O) groups excluding carboxylic acids is 1. The Kier molecular flexibility index (Phi) is 4.54. The molecule has 0 spiro atoms. The van der Waals surface area contributed by atoms with E-state index in [1.54, 1.807) is 0 Å². The lowest BCUT2D eigenvalue weighted by molar-refractivity contribution is -0.142. The van der Waals surface area contributed by atoms with Crippen molar-refractivity contribution in [2.75, 3.05) is 6.61 Å². The molecule has 1 amide bonds. The summed E-state index contributed by atoms with van der Waals surface area (Å²) in [5, 5.41) is 11.0. The maximum Gasteiger partial charge on any atom is 0.325 e. The molecule has 2 aromatic rings. The molecule has 0 unspecified atom stereocenters. The van der Waals surface area contributed by atoms with E-state index in [1.165, 1.54) is 6.92 Å². The Hall–Kier alpha value is -2.41. The molecule has 0 saturated heterocycles. The number of carboxylic acid groups (broad SMARTS) is 1. The first kappa shape index (κ1) is 15.0. The Bertz CT molecular complexity index is 665. The van der Waals surface area contributed by atoms with E-state index in [4.69, 9.17) is 9.84 Å². The second-order valence-corrected chi connectivity index (χ2v) is 4.77. The van der Waals surface area contributed by atoms with E-state index in [0.717, 1.165) is 16.6 Å². The third kappa shape index (κ3) is 3.79. The summed E-state index contributed by atoms with van der Waals surface area (Å²) in [6.07, 6.45) is 0. The number of rotatable bonds is 6. The Balaban J connectivity index is 1.86. The van der Waals surface area contributed by atoms with Crippen molar-refractivity contribution in [1.82, 2.24) is 15.3 Å². The van der Waals surface area contributed by atoms with Crippen molar-refractivity contribution in [3.63, 3.8) is 0 Å². The van der Waals surface area contributed by atoms with Crippen LogP contribution in [0.4, 0.5) is 0 Å². The largest absolute Gasteiger partial charge is 0.480 e. The number of aliphatic carboxylic acids is 1. The molecule has 0 fully saturated rings.